The first kappa shape index (κ1) is 18.6. The number of para-hydroxylation sites is 2. The number of esters is 2. The van der Waals surface area contributed by atoms with E-state index in [9.17, 15) is 9.59 Å². The average molecular weight is 414 g/mol. The summed E-state index contributed by atoms with van der Waals surface area (Å²) in [6.07, 6.45) is 0. The molecule has 0 spiro atoms. The molecule has 3 aromatic carbocycles. The zero-order valence-electron chi connectivity index (χ0n) is 16.2. The molecule has 0 amide bonds. The Labute approximate surface area is 176 Å². The van der Waals surface area contributed by atoms with E-state index in [0.717, 1.165) is 0 Å². The van der Waals surface area contributed by atoms with Crippen LogP contribution in [0.5, 0.6) is 29.0 Å². The third kappa shape index (κ3) is 3.40. The fourth-order valence-electron chi connectivity index (χ4n) is 3.10. The lowest BCUT2D eigenvalue weighted by molar-refractivity contribution is 0.0596. The molecule has 1 aliphatic heterocycles. The number of rotatable bonds is 3. The molecule has 31 heavy (non-hydrogen) atoms. The molecule has 0 bridgehead atoms. The van der Waals surface area contributed by atoms with Gasteiger partial charge >= 0.3 is 11.9 Å². The van der Waals surface area contributed by atoms with E-state index in [2.05, 4.69) is 9.97 Å². The zero-order chi connectivity index (χ0) is 21.4. The van der Waals surface area contributed by atoms with Crippen LogP contribution < -0.4 is 14.2 Å². The summed E-state index contributed by atoms with van der Waals surface area (Å²) in [6.45, 7) is 0. The van der Waals surface area contributed by atoms with Gasteiger partial charge < -0.3 is 18.9 Å². The zero-order valence-corrected chi connectivity index (χ0v) is 16.2. The maximum Gasteiger partial charge on any atom is 0.343 e. The molecule has 8 nitrogen and oxygen atoms in total. The summed E-state index contributed by atoms with van der Waals surface area (Å²) in [7, 11) is 1.25. The molecule has 1 aromatic heterocycles. The first-order valence-electron chi connectivity index (χ1n) is 9.28. The van der Waals surface area contributed by atoms with Crippen molar-refractivity contribution in [1.29, 1.82) is 0 Å². The minimum atomic E-state index is -0.626. The second-order valence-corrected chi connectivity index (χ2v) is 6.58. The molecule has 1 aliphatic rings. The summed E-state index contributed by atoms with van der Waals surface area (Å²) in [5.41, 5.74) is 1.69. The van der Waals surface area contributed by atoms with Crippen LogP contribution in [0, 0.1) is 0 Å². The maximum absolute atomic E-state index is 12.6. The van der Waals surface area contributed by atoms with Crippen molar-refractivity contribution in [3.05, 3.63) is 77.9 Å². The van der Waals surface area contributed by atoms with Gasteiger partial charge in [0.05, 0.1) is 29.3 Å². The summed E-state index contributed by atoms with van der Waals surface area (Å²) >= 11 is 0. The molecule has 0 unspecified atom stereocenters. The van der Waals surface area contributed by atoms with Crippen molar-refractivity contribution in [2.24, 2.45) is 0 Å². The van der Waals surface area contributed by atoms with Gasteiger partial charge in [0.1, 0.15) is 0 Å². The fourth-order valence-corrected chi connectivity index (χ4v) is 3.10. The fraction of sp³-hybridized carbons (Fsp3) is 0.0435. The molecule has 2 heterocycles. The van der Waals surface area contributed by atoms with Crippen molar-refractivity contribution in [1.82, 2.24) is 9.97 Å². The van der Waals surface area contributed by atoms with Gasteiger partial charge in [0.15, 0.2) is 11.5 Å². The van der Waals surface area contributed by atoms with Crippen molar-refractivity contribution >= 4 is 23.0 Å². The summed E-state index contributed by atoms with van der Waals surface area (Å²) in [4.78, 5) is 33.6. The van der Waals surface area contributed by atoms with Crippen molar-refractivity contribution < 1.29 is 28.5 Å². The SMILES string of the molecule is COC(=O)c1cc(OC(=O)c2ccccc2)c2c(c1)Oc1nc3ccccc3nc1O2. The number of fused-ring (bicyclic) bond motifs is 3. The summed E-state index contributed by atoms with van der Waals surface area (Å²) in [5, 5.41) is 0. The van der Waals surface area contributed by atoms with Gasteiger partial charge in [-0.15, -0.1) is 0 Å². The lowest BCUT2D eigenvalue weighted by Crippen LogP contribution is -2.12. The Balaban J connectivity index is 1.59. The van der Waals surface area contributed by atoms with E-state index in [0.29, 0.717) is 16.6 Å². The minimum Gasteiger partial charge on any atom is -0.465 e. The van der Waals surface area contributed by atoms with Crippen LogP contribution in [-0.2, 0) is 4.74 Å². The highest BCUT2D eigenvalue weighted by Crippen LogP contribution is 2.49. The highest BCUT2D eigenvalue weighted by Gasteiger charge is 2.29. The summed E-state index contributed by atoms with van der Waals surface area (Å²) in [6, 6.07) is 18.5. The molecule has 152 valence electrons. The third-order valence-electron chi connectivity index (χ3n) is 4.57. The van der Waals surface area contributed by atoms with Gasteiger partial charge in [-0.3, -0.25) is 0 Å². The predicted octanol–water partition coefficient (Wildman–Crippen LogP) is 4.53. The van der Waals surface area contributed by atoms with E-state index >= 15 is 0 Å². The van der Waals surface area contributed by atoms with Gasteiger partial charge in [-0.05, 0) is 36.4 Å². The van der Waals surface area contributed by atoms with Crippen LogP contribution >= 0.6 is 0 Å². The Morgan fingerprint density at radius 2 is 1.42 bits per heavy atom. The monoisotopic (exact) mass is 414 g/mol. The lowest BCUT2D eigenvalue weighted by atomic mass is 10.1. The summed E-state index contributed by atoms with van der Waals surface area (Å²) < 4.78 is 22.1. The van der Waals surface area contributed by atoms with Gasteiger partial charge in [-0.1, -0.05) is 30.3 Å². The Kier molecular flexibility index (Phi) is 4.44. The summed E-state index contributed by atoms with van der Waals surface area (Å²) in [5.74, 6) is -0.748. The van der Waals surface area contributed by atoms with Crippen LogP contribution in [-0.4, -0.2) is 29.0 Å². The van der Waals surface area contributed by atoms with E-state index in [1.807, 2.05) is 12.1 Å². The minimum absolute atomic E-state index is 0.00707. The average Bonchev–Trinajstić information content (AvgIpc) is 2.81. The number of carbonyl (C=O) groups excluding carboxylic acids is 2. The number of benzene rings is 3. The van der Waals surface area contributed by atoms with Crippen molar-refractivity contribution in [3.8, 4) is 29.0 Å². The second-order valence-electron chi connectivity index (χ2n) is 6.58. The molecule has 0 aliphatic carbocycles. The second kappa shape index (κ2) is 7.42. The third-order valence-corrected chi connectivity index (χ3v) is 4.57. The Bertz CT molecular complexity index is 1340. The van der Waals surface area contributed by atoms with Gasteiger partial charge in [0.2, 0.25) is 5.75 Å². The van der Waals surface area contributed by atoms with Crippen LogP contribution in [0.3, 0.4) is 0 Å². The molecular formula is C23H14N2O6. The molecule has 8 heteroatoms. The van der Waals surface area contributed by atoms with Crippen molar-refractivity contribution in [2.75, 3.05) is 7.11 Å². The topological polar surface area (TPSA) is 96.8 Å². The van der Waals surface area contributed by atoms with Gasteiger partial charge in [-0.25, -0.2) is 19.6 Å². The highest BCUT2D eigenvalue weighted by atomic mass is 16.6. The van der Waals surface area contributed by atoms with Crippen LogP contribution in [0.1, 0.15) is 20.7 Å². The van der Waals surface area contributed by atoms with E-state index in [4.69, 9.17) is 18.9 Å². The molecule has 0 fully saturated rings. The normalized spacial score (nSPS) is 11.5. The number of methoxy groups -OCH3 is 1. The quantitative estimate of drug-likeness (QED) is 0.314. The standard InChI is InChI=1S/C23H14N2O6/c1-28-22(26)14-11-17-19(18(12-14)30-23(27)13-7-3-2-4-8-13)31-21-20(29-17)24-15-9-5-6-10-16(15)25-21/h2-12H,1H3. The number of hydrogen-bond acceptors (Lipinski definition) is 8. The van der Waals surface area contributed by atoms with Crippen LogP contribution in [0.15, 0.2) is 66.7 Å². The molecule has 0 saturated heterocycles. The smallest absolute Gasteiger partial charge is 0.343 e. The van der Waals surface area contributed by atoms with Crippen LogP contribution in [0.4, 0.5) is 0 Å². The number of ether oxygens (including phenoxy) is 4. The first-order valence-corrected chi connectivity index (χ1v) is 9.28. The van der Waals surface area contributed by atoms with E-state index in [-0.39, 0.29) is 34.6 Å². The molecule has 4 aromatic rings. The Hall–Kier alpha value is -4.46. The first-order chi connectivity index (χ1) is 15.1. The van der Waals surface area contributed by atoms with E-state index in [1.54, 1.807) is 42.5 Å². The number of nitrogens with zero attached hydrogens (tertiary/aromatic N) is 2. The molecule has 5 rings (SSSR count). The van der Waals surface area contributed by atoms with E-state index < -0.39 is 11.9 Å². The number of hydrogen-bond donors (Lipinski definition) is 0. The predicted molar refractivity (Wildman–Crippen MR) is 109 cm³/mol. The lowest BCUT2D eigenvalue weighted by Gasteiger charge is -2.21. The van der Waals surface area contributed by atoms with Gasteiger partial charge in [0, 0.05) is 0 Å². The maximum atomic E-state index is 12.6. The molecule has 0 N–H and O–H groups in total. The Morgan fingerprint density at radius 3 is 2.10 bits per heavy atom. The molecule has 0 atom stereocenters. The van der Waals surface area contributed by atoms with Crippen LogP contribution in [0.2, 0.25) is 0 Å². The number of aromatic nitrogens is 2. The Morgan fingerprint density at radius 1 is 0.774 bits per heavy atom. The van der Waals surface area contributed by atoms with Gasteiger partial charge in [0.25, 0.3) is 11.8 Å². The van der Waals surface area contributed by atoms with Gasteiger partial charge in [-0.2, -0.15) is 0 Å². The molecule has 0 saturated carbocycles. The van der Waals surface area contributed by atoms with Crippen molar-refractivity contribution in [2.45, 2.75) is 0 Å². The number of carbonyl (C=O) groups is 2. The van der Waals surface area contributed by atoms with Crippen molar-refractivity contribution in [3.63, 3.8) is 0 Å². The molecular weight excluding hydrogens is 400 g/mol. The highest BCUT2D eigenvalue weighted by molar-refractivity contribution is 5.94. The largest absolute Gasteiger partial charge is 0.465 e. The molecule has 0 radical (unpaired) electrons. The van der Waals surface area contributed by atoms with E-state index in [1.165, 1.54) is 19.2 Å². The van der Waals surface area contributed by atoms with Crippen LogP contribution in [0.25, 0.3) is 11.0 Å².